The molecule has 80 heavy (non-hydrogen) atoms. The third-order valence-corrected chi connectivity index (χ3v) is 14.3. The van der Waals surface area contributed by atoms with E-state index in [0.717, 1.165) is 53.1 Å². The first kappa shape index (κ1) is 61.8. The lowest BCUT2D eigenvalue weighted by Crippen LogP contribution is -2.56. The monoisotopic (exact) mass is 1130 g/mol. The number of thiazole rings is 1. The number of nitrogens with two attached hydrogens (primary N) is 2. The van der Waals surface area contributed by atoms with Gasteiger partial charge in [-0.3, -0.25) is 24.0 Å². The molecular formula is C55H75N13O11S. The summed E-state index contributed by atoms with van der Waals surface area (Å²) in [6, 6.07) is 11.8. The number of aliphatic carboxylic acids is 2. The number of hydrogen-bond donors (Lipinski definition) is 9. The van der Waals surface area contributed by atoms with Gasteiger partial charge in [0.25, 0.3) is 5.91 Å². The topological polar surface area (TPSA) is 353 Å². The van der Waals surface area contributed by atoms with Crippen molar-refractivity contribution in [2.45, 2.75) is 123 Å². The van der Waals surface area contributed by atoms with Crippen LogP contribution in [0.3, 0.4) is 0 Å². The van der Waals surface area contributed by atoms with Gasteiger partial charge in [-0.25, -0.2) is 19.7 Å². The molecule has 432 valence electrons. The number of aliphatic hydroxyl groups is 1. The number of aromatic nitrogens is 5. The molecule has 4 heterocycles. The summed E-state index contributed by atoms with van der Waals surface area (Å²) in [5.41, 5.74) is 18.2. The Morgan fingerprint density at radius 1 is 0.850 bits per heavy atom. The Labute approximate surface area is 468 Å². The van der Waals surface area contributed by atoms with Gasteiger partial charge in [0, 0.05) is 63.3 Å². The SMILES string of the molecule is Cc1ncsc1-c1ccc(CNC(=O)[C@@H]2C[C@@H](O)CN2C(=O)C(NCCCOCCOCCC(=O)NCCCCCCN(Cc2cnc3nc(N)nc(N)c3n2)c2ccc(C(=O)N[C@@H](CCC(=O)O)C(=O)O)cc2)C(C)(C)C)cc1. The van der Waals surface area contributed by atoms with Crippen molar-refractivity contribution in [1.29, 1.82) is 0 Å². The van der Waals surface area contributed by atoms with Gasteiger partial charge in [0.1, 0.15) is 12.1 Å². The highest BCUT2D eigenvalue weighted by molar-refractivity contribution is 7.13. The normalized spacial score (nSPS) is 15.1. The van der Waals surface area contributed by atoms with E-state index in [1.807, 2.05) is 62.4 Å². The van der Waals surface area contributed by atoms with Gasteiger partial charge < -0.3 is 67.3 Å². The summed E-state index contributed by atoms with van der Waals surface area (Å²) < 4.78 is 11.4. The Morgan fingerprint density at radius 2 is 1.57 bits per heavy atom. The van der Waals surface area contributed by atoms with Crippen molar-refractivity contribution in [3.05, 3.63) is 82.8 Å². The first-order valence-corrected chi connectivity index (χ1v) is 27.7. The first-order chi connectivity index (χ1) is 38.3. The number of carbonyl (C=O) groups is 6. The van der Waals surface area contributed by atoms with Crippen molar-refractivity contribution < 1.29 is 53.6 Å². The number of carbonyl (C=O) groups excluding carboxylic acids is 4. The number of amides is 4. The van der Waals surface area contributed by atoms with Crippen LogP contribution in [0.5, 0.6) is 0 Å². The average molecular weight is 1130 g/mol. The number of β-amino-alcohol motifs (C(OH)–C–C–N with tert-alkyl or cyclic N) is 1. The molecule has 1 unspecified atom stereocenters. The first-order valence-electron chi connectivity index (χ1n) is 26.8. The van der Waals surface area contributed by atoms with E-state index in [1.165, 1.54) is 4.90 Å². The van der Waals surface area contributed by atoms with Gasteiger partial charge in [-0.2, -0.15) is 9.97 Å². The Balaban J connectivity index is 0.845. The van der Waals surface area contributed by atoms with E-state index in [1.54, 1.807) is 41.8 Å². The second-order valence-corrected chi connectivity index (χ2v) is 21.5. The van der Waals surface area contributed by atoms with Crippen molar-refractivity contribution in [2.24, 2.45) is 5.41 Å². The number of hydrogen-bond acceptors (Lipinski definition) is 19. The number of anilines is 3. The fraction of sp³-hybridized carbons (Fsp3) is 0.509. The van der Waals surface area contributed by atoms with Crippen LogP contribution in [-0.2, 0) is 46.5 Å². The highest BCUT2D eigenvalue weighted by Crippen LogP contribution is 2.29. The van der Waals surface area contributed by atoms with Crippen molar-refractivity contribution in [1.82, 2.24) is 51.1 Å². The lowest BCUT2D eigenvalue weighted by Gasteiger charge is -2.35. The second kappa shape index (κ2) is 30.2. The third-order valence-electron chi connectivity index (χ3n) is 13.3. The van der Waals surface area contributed by atoms with Gasteiger partial charge in [0.15, 0.2) is 17.0 Å². The van der Waals surface area contributed by atoms with E-state index >= 15 is 0 Å². The van der Waals surface area contributed by atoms with Crippen LogP contribution >= 0.6 is 11.3 Å². The fourth-order valence-corrected chi connectivity index (χ4v) is 9.86. The van der Waals surface area contributed by atoms with Gasteiger partial charge in [-0.05, 0) is 80.0 Å². The Hall–Kier alpha value is -7.45. The Kier molecular flexibility index (Phi) is 23.3. The zero-order chi connectivity index (χ0) is 57.8. The van der Waals surface area contributed by atoms with Crippen molar-refractivity contribution >= 4 is 75.5 Å². The summed E-state index contributed by atoms with van der Waals surface area (Å²) in [5.74, 6) is -3.75. The molecule has 2 aromatic carbocycles. The minimum Gasteiger partial charge on any atom is -0.481 e. The molecule has 4 amide bonds. The number of rotatable bonds is 32. The maximum absolute atomic E-state index is 14.0. The van der Waals surface area contributed by atoms with Crippen molar-refractivity contribution in [3.63, 3.8) is 0 Å². The number of aliphatic hydroxyl groups excluding tert-OH is 1. The minimum atomic E-state index is -1.37. The largest absolute Gasteiger partial charge is 0.481 e. The number of fused-ring (bicyclic) bond motifs is 1. The predicted molar refractivity (Wildman–Crippen MR) is 301 cm³/mol. The molecule has 3 aromatic heterocycles. The molecule has 24 nitrogen and oxygen atoms in total. The number of nitrogen functional groups attached to an aromatic ring is 2. The summed E-state index contributed by atoms with van der Waals surface area (Å²) in [6.45, 7) is 11.4. The number of aryl methyl sites for hydroxylation is 1. The number of carboxylic acids is 2. The zero-order valence-corrected chi connectivity index (χ0v) is 46.6. The van der Waals surface area contributed by atoms with Crippen LogP contribution in [0.25, 0.3) is 21.6 Å². The van der Waals surface area contributed by atoms with Crippen molar-refractivity contribution in [2.75, 3.05) is 69.0 Å². The molecule has 0 saturated carbocycles. The molecule has 0 radical (unpaired) electrons. The smallest absolute Gasteiger partial charge is 0.326 e. The maximum atomic E-state index is 14.0. The van der Waals surface area contributed by atoms with Crippen LogP contribution < -0.4 is 37.6 Å². The summed E-state index contributed by atoms with van der Waals surface area (Å²) in [5, 5.41) is 40.8. The molecule has 4 atom stereocenters. The fourth-order valence-electron chi connectivity index (χ4n) is 9.04. The van der Waals surface area contributed by atoms with Gasteiger partial charge >= 0.3 is 11.9 Å². The second-order valence-electron chi connectivity index (χ2n) is 20.7. The third kappa shape index (κ3) is 18.9. The van der Waals surface area contributed by atoms with E-state index in [-0.39, 0.29) is 73.1 Å². The highest BCUT2D eigenvalue weighted by Gasteiger charge is 2.43. The van der Waals surface area contributed by atoms with Crippen LogP contribution in [0, 0.1) is 12.3 Å². The standard InChI is InChI=1S/C55H75N13O11S/c1-34-46(80-33-62-34)36-12-10-35(11-13-36)29-61-51(74)42-28-40(69)32-68(42)52(75)47(55(2,3)4)59-22-9-24-78-26-27-79-25-20-43(70)58-21-7-5-6-8-23-67(31-38-30-60-49-45(63-38)48(56)65-54(57)66-49)39-16-14-37(15-17-39)50(73)64-41(53(76)77)18-19-44(71)72/h10-17,30,33,40-42,47,59,69H,5-9,18-29,31-32H2,1-4H3,(H,58,70)(H,61,74)(H,64,73)(H,71,72)(H,76,77)(H4,56,57,60,65,66)/t40-,41+,42+,47?/m1/s1. The molecule has 0 bridgehead atoms. The molecule has 1 aliphatic heterocycles. The molecular weight excluding hydrogens is 1050 g/mol. The number of benzene rings is 2. The lowest BCUT2D eigenvalue weighted by molar-refractivity contribution is -0.142. The van der Waals surface area contributed by atoms with Crippen LogP contribution in [0.4, 0.5) is 17.5 Å². The molecule has 0 spiro atoms. The molecule has 25 heteroatoms. The van der Waals surface area contributed by atoms with E-state index < -0.39 is 53.9 Å². The Morgan fingerprint density at radius 3 is 2.26 bits per heavy atom. The maximum Gasteiger partial charge on any atom is 0.326 e. The average Bonchev–Trinajstić information content (AvgIpc) is 4.06. The molecule has 11 N–H and O–H groups in total. The molecule has 1 saturated heterocycles. The summed E-state index contributed by atoms with van der Waals surface area (Å²) in [7, 11) is 0. The number of nitrogens with zero attached hydrogens (tertiary/aromatic N) is 7. The van der Waals surface area contributed by atoms with Gasteiger partial charge in [-0.15, -0.1) is 11.3 Å². The van der Waals surface area contributed by atoms with E-state index in [4.69, 9.17) is 26.0 Å². The van der Waals surface area contributed by atoms with Crippen LogP contribution in [0.2, 0.25) is 0 Å². The lowest BCUT2D eigenvalue weighted by atomic mass is 9.85. The minimum absolute atomic E-state index is 0.0219. The predicted octanol–water partition coefficient (Wildman–Crippen LogP) is 3.84. The van der Waals surface area contributed by atoms with Crippen molar-refractivity contribution in [3.8, 4) is 10.4 Å². The van der Waals surface area contributed by atoms with Crippen LogP contribution in [-0.4, -0.2) is 158 Å². The number of likely N-dealkylation sites (tertiary alicyclic amines) is 1. The molecule has 6 rings (SSSR count). The van der Waals surface area contributed by atoms with E-state index in [9.17, 15) is 39.0 Å². The van der Waals surface area contributed by atoms with Gasteiger partial charge in [0.2, 0.25) is 23.7 Å². The number of ether oxygens (including phenoxy) is 2. The van der Waals surface area contributed by atoms with E-state index in [0.29, 0.717) is 70.2 Å². The quantitative estimate of drug-likeness (QED) is 0.0276. The summed E-state index contributed by atoms with van der Waals surface area (Å²) >= 11 is 1.58. The van der Waals surface area contributed by atoms with Crippen LogP contribution in [0.1, 0.15) is 106 Å². The number of carboxylic acid groups (broad SMARTS) is 2. The van der Waals surface area contributed by atoms with Gasteiger partial charge in [-0.1, -0.05) is 57.9 Å². The molecule has 5 aromatic rings. The molecule has 1 fully saturated rings. The summed E-state index contributed by atoms with van der Waals surface area (Å²) in [4.78, 5) is 102. The van der Waals surface area contributed by atoms with Crippen LogP contribution in [0.15, 0.2) is 60.2 Å². The Bertz CT molecular complexity index is 2870. The number of nitrogens with one attached hydrogen (secondary N) is 4. The summed E-state index contributed by atoms with van der Waals surface area (Å²) in [6.07, 6.45) is 4.28. The molecule has 1 aliphatic rings. The zero-order valence-electron chi connectivity index (χ0n) is 45.8. The molecule has 0 aliphatic carbocycles. The number of unbranched alkanes of at least 4 members (excludes halogenated alkanes) is 3. The van der Waals surface area contributed by atoms with Gasteiger partial charge in [0.05, 0.1) is 66.5 Å². The highest BCUT2D eigenvalue weighted by atomic mass is 32.1. The van der Waals surface area contributed by atoms with E-state index in [2.05, 4.69) is 46.2 Å².